The van der Waals surface area contributed by atoms with Gasteiger partial charge in [0.2, 0.25) is 0 Å². The lowest BCUT2D eigenvalue weighted by atomic mass is 9.60. The molecule has 0 N–H and O–H groups in total. The number of rotatable bonds is 1. The molecule has 0 heterocycles. The van der Waals surface area contributed by atoms with Crippen molar-refractivity contribution in [2.75, 3.05) is 0 Å². The van der Waals surface area contributed by atoms with Crippen molar-refractivity contribution in [3.05, 3.63) is 11.6 Å². The van der Waals surface area contributed by atoms with E-state index in [1.165, 1.54) is 5.57 Å². The third-order valence-corrected chi connectivity index (χ3v) is 3.02. The summed E-state index contributed by atoms with van der Waals surface area (Å²) >= 11 is 5.90. The fourth-order valence-electron chi connectivity index (χ4n) is 1.60. The van der Waals surface area contributed by atoms with Crippen LogP contribution in [0.3, 0.4) is 0 Å². The molecular weight excluding hydrogens is 172 g/mol. The van der Waals surface area contributed by atoms with E-state index in [0.717, 1.165) is 0 Å². The molecule has 68 valence electrons. The van der Waals surface area contributed by atoms with Gasteiger partial charge >= 0.3 is 0 Å². The second-order valence-electron chi connectivity index (χ2n) is 4.26. The van der Waals surface area contributed by atoms with Gasteiger partial charge in [0, 0.05) is 11.3 Å². The lowest BCUT2D eigenvalue weighted by Gasteiger charge is -2.45. The van der Waals surface area contributed by atoms with Crippen LogP contribution in [-0.2, 0) is 4.79 Å². The number of carbonyl (C=O) groups is 1. The molecule has 2 heteroatoms. The van der Waals surface area contributed by atoms with Crippen molar-refractivity contribution in [3.8, 4) is 0 Å². The third-order valence-electron chi connectivity index (χ3n) is 2.55. The van der Waals surface area contributed by atoms with Crippen molar-refractivity contribution >= 4 is 17.4 Å². The second-order valence-corrected chi connectivity index (χ2v) is 4.73. The summed E-state index contributed by atoms with van der Waals surface area (Å²) in [6, 6.07) is 0. The lowest BCUT2D eigenvalue weighted by molar-refractivity contribution is -0.139. The quantitative estimate of drug-likeness (QED) is 0.455. The van der Waals surface area contributed by atoms with Gasteiger partial charge < -0.3 is 0 Å². The number of allylic oxidation sites excluding steroid dienone is 2. The van der Waals surface area contributed by atoms with Gasteiger partial charge in [0.05, 0.1) is 5.38 Å². The highest BCUT2D eigenvalue weighted by Gasteiger charge is 2.53. The summed E-state index contributed by atoms with van der Waals surface area (Å²) in [5.74, 6) is 0.392. The van der Waals surface area contributed by atoms with Gasteiger partial charge in [-0.05, 0) is 13.8 Å². The molecule has 0 saturated heterocycles. The standard InChI is InChI=1S/C10H15ClO/c1-6(2)5-7-8(11)9(12)10(7,3)4/h5,7-8H,1-4H3/t7-,8+/m0/s1. The first-order chi connectivity index (χ1) is 5.37. The highest BCUT2D eigenvalue weighted by Crippen LogP contribution is 2.46. The van der Waals surface area contributed by atoms with E-state index in [-0.39, 0.29) is 22.5 Å². The minimum Gasteiger partial charge on any atom is -0.297 e. The molecular formula is C10H15ClO. The van der Waals surface area contributed by atoms with Crippen LogP contribution in [0, 0.1) is 11.3 Å². The van der Waals surface area contributed by atoms with E-state index in [2.05, 4.69) is 6.08 Å². The average molecular weight is 187 g/mol. The smallest absolute Gasteiger partial charge is 0.157 e. The van der Waals surface area contributed by atoms with E-state index in [1.54, 1.807) is 0 Å². The summed E-state index contributed by atoms with van der Waals surface area (Å²) in [6.45, 7) is 7.97. The Labute approximate surface area is 78.8 Å². The molecule has 1 aliphatic rings. The maximum absolute atomic E-state index is 11.3. The zero-order chi connectivity index (χ0) is 9.52. The largest absolute Gasteiger partial charge is 0.297 e. The molecule has 2 atom stereocenters. The average Bonchev–Trinajstić information content (AvgIpc) is 1.98. The van der Waals surface area contributed by atoms with Gasteiger partial charge in [0.15, 0.2) is 5.78 Å². The molecule has 1 rings (SSSR count). The normalized spacial score (nSPS) is 32.6. The van der Waals surface area contributed by atoms with Crippen LogP contribution in [0.2, 0.25) is 0 Å². The Hall–Kier alpha value is -0.300. The SMILES string of the molecule is CC(C)=C[C@H]1[C@@H](Cl)C(=O)C1(C)C. The molecule has 0 radical (unpaired) electrons. The highest BCUT2D eigenvalue weighted by atomic mass is 35.5. The molecule has 0 spiro atoms. The number of Topliss-reactive ketones (excluding diaryl/α,β-unsaturated/α-hetero) is 1. The Morgan fingerprint density at radius 1 is 1.50 bits per heavy atom. The Kier molecular flexibility index (Phi) is 2.35. The molecule has 1 fully saturated rings. The molecule has 0 aromatic rings. The van der Waals surface area contributed by atoms with Gasteiger partial charge in [-0.1, -0.05) is 25.5 Å². The van der Waals surface area contributed by atoms with Crippen molar-refractivity contribution < 1.29 is 4.79 Å². The predicted octanol–water partition coefficient (Wildman–Crippen LogP) is 2.79. The summed E-state index contributed by atoms with van der Waals surface area (Å²) in [6.07, 6.45) is 2.10. The van der Waals surface area contributed by atoms with Gasteiger partial charge in [-0.15, -0.1) is 11.6 Å². The molecule has 0 aromatic carbocycles. The van der Waals surface area contributed by atoms with Crippen LogP contribution in [0.25, 0.3) is 0 Å². The first kappa shape index (κ1) is 9.79. The Morgan fingerprint density at radius 2 is 2.00 bits per heavy atom. The van der Waals surface area contributed by atoms with Gasteiger partial charge in [0.1, 0.15) is 0 Å². The maximum Gasteiger partial charge on any atom is 0.157 e. The summed E-state index contributed by atoms with van der Waals surface area (Å²) in [7, 11) is 0. The zero-order valence-corrected chi connectivity index (χ0v) is 8.77. The van der Waals surface area contributed by atoms with E-state index in [1.807, 2.05) is 27.7 Å². The fraction of sp³-hybridized carbons (Fsp3) is 0.700. The minimum absolute atomic E-state index is 0.173. The fourth-order valence-corrected chi connectivity index (χ4v) is 2.27. The van der Waals surface area contributed by atoms with Crippen LogP contribution in [-0.4, -0.2) is 11.2 Å². The molecule has 12 heavy (non-hydrogen) atoms. The van der Waals surface area contributed by atoms with E-state index in [9.17, 15) is 4.79 Å². The van der Waals surface area contributed by atoms with Gasteiger partial charge in [-0.2, -0.15) is 0 Å². The van der Waals surface area contributed by atoms with Crippen molar-refractivity contribution in [2.45, 2.75) is 33.1 Å². The lowest BCUT2D eigenvalue weighted by Crippen LogP contribution is -2.54. The third kappa shape index (κ3) is 1.31. The van der Waals surface area contributed by atoms with Crippen LogP contribution in [0.1, 0.15) is 27.7 Å². The van der Waals surface area contributed by atoms with Crippen LogP contribution < -0.4 is 0 Å². The van der Waals surface area contributed by atoms with Crippen LogP contribution >= 0.6 is 11.6 Å². The van der Waals surface area contributed by atoms with Crippen LogP contribution in [0.15, 0.2) is 11.6 Å². The Morgan fingerprint density at radius 3 is 2.33 bits per heavy atom. The Bertz CT molecular complexity index is 236. The van der Waals surface area contributed by atoms with E-state index >= 15 is 0 Å². The van der Waals surface area contributed by atoms with E-state index in [0.29, 0.717) is 0 Å². The zero-order valence-electron chi connectivity index (χ0n) is 8.02. The molecule has 0 aromatic heterocycles. The molecule has 0 unspecified atom stereocenters. The summed E-state index contributed by atoms with van der Waals surface area (Å²) in [5, 5.41) is -0.296. The van der Waals surface area contributed by atoms with Crippen molar-refractivity contribution in [3.63, 3.8) is 0 Å². The van der Waals surface area contributed by atoms with E-state index in [4.69, 9.17) is 11.6 Å². The number of alkyl halides is 1. The molecule has 0 bridgehead atoms. The molecule has 1 saturated carbocycles. The summed E-state index contributed by atoms with van der Waals surface area (Å²) in [4.78, 5) is 11.3. The number of carbonyl (C=O) groups excluding carboxylic acids is 1. The van der Waals surface area contributed by atoms with Crippen LogP contribution in [0.4, 0.5) is 0 Å². The molecule has 1 nitrogen and oxygen atoms in total. The molecule has 1 aliphatic carbocycles. The first-order valence-electron chi connectivity index (χ1n) is 4.21. The Balaban J connectivity index is 2.81. The van der Waals surface area contributed by atoms with Gasteiger partial charge in [0.25, 0.3) is 0 Å². The number of ketones is 1. The predicted molar refractivity (Wildman–Crippen MR) is 51.4 cm³/mol. The topological polar surface area (TPSA) is 17.1 Å². The number of hydrogen-bond donors (Lipinski definition) is 0. The molecule has 0 amide bonds. The van der Waals surface area contributed by atoms with Gasteiger partial charge in [-0.25, -0.2) is 0 Å². The molecule has 0 aliphatic heterocycles. The van der Waals surface area contributed by atoms with Crippen molar-refractivity contribution in [1.82, 2.24) is 0 Å². The minimum atomic E-state index is -0.296. The van der Waals surface area contributed by atoms with Crippen molar-refractivity contribution in [2.24, 2.45) is 11.3 Å². The summed E-state index contributed by atoms with van der Waals surface area (Å²) in [5.41, 5.74) is 0.982. The summed E-state index contributed by atoms with van der Waals surface area (Å²) < 4.78 is 0. The van der Waals surface area contributed by atoms with Crippen LogP contribution in [0.5, 0.6) is 0 Å². The maximum atomic E-state index is 11.3. The van der Waals surface area contributed by atoms with E-state index < -0.39 is 0 Å². The number of halogens is 1. The van der Waals surface area contributed by atoms with Crippen molar-refractivity contribution in [1.29, 1.82) is 0 Å². The monoisotopic (exact) mass is 186 g/mol. The highest BCUT2D eigenvalue weighted by molar-refractivity contribution is 6.35. The second kappa shape index (κ2) is 2.88. The van der Waals surface area contributed by atoms with Gasteiger partial charge in [-0.3, -0.25) is 4.79 Å². The first-order valence-corrected chi connectivity index (χ1v) is 4.64. The number of hydrogen-bond acceptors (Lipinski definition) is 1.